The maximum Gasteiger partial charge on any atom is 0.262 e. The Labute approximate surface area is 176 Å². The SMILES string of the molecule is O=C1CCC(N2C(=O)c3ccc(NS(=O)(=O)c4cccc(Cl)c4)cc3C2=O)C(=O)N1. The summed E-state index contributed by atoms with van der Waals surface area (Å²) < 4.78 is 27.5. The Morgan fingerprint density at radius 1 is 1.00 bits per heavy atom. The number of amides is 4. The third kappa shape index (κ3) is 3.44. The zero-order valence-electron chi connectivity index (χ0n) is 15.2. The number of piperidine rings is 1. The first-order valence-corrected chi connectivity index (χ1v) is 10.7. The minimum atomic E-state index is -3.98. The number of carbonyl (C=O) groups is 4. The quantitative estimate of drug-likeness (QED) is 0.684. The van der Waals surface area contributed by atoms with Crippen molar-refractivity contribution in [3.05, 3.63) is 58.6 Å². The molecule has 2 aromatic carbocycles. The number of fused-ring (bicyclic) bond motifs is 1. The summed E-state index contributed by atoms with van der Waals surface area (Å²) >= 11 is 5.84. The summed E-state index contributed by atoms with van der Waals surface area (Å²) in [6.07, 6.45) is 0.0406. The highest BCUT2D eigenvalue weighted by Crippen LogP contribution is 2.30. The van der Waals surface area contributed by atoms with Gasteiger partial charge in [-0.15, -0.1) is 0 Å². The van der Waals surface area contributed by atoms with Crippen molar-refractivity contribution in [1.29, 1.82) is 0 Å². The second-order valence-corrected chi connectivity index (χ2v) is 8.89. The van der Waals surface area contributed by atoms with Gasteiger partial charge in [0, 0.05) is 17.1 Å². The number of rotatable bonds is 4. The molecule has 0 radical (unpaired) electrons. The zero-order valence-corrected chi connectivity index (χ0v) is 16.8. The Hall–Kier alpha value is -3.24. The van der Waals surface area contributed by atoms with Crippen LogP contribution in [0.5, 0.6) is 0 Å². The number of sulfonamides is 1. The fraction of sp³-hybridized carbons (Fsp3) is 0.158. The average Bonchev–Trinajstić information content (AvgIpc) is 2.92. The van der Waals surface area contributed by atoms with Crippen LogP contribution in [0.3, 0.4) is 0 Å². The fourth-order valence-electron chi connectivity index (χ4n) is 3.38. The molecule has 9 nitrogen and oxygen atoms in total. The Morgan fingerprint density at radius 2 is 1.73 bits per heavy atom. The first-order chi connectivity index (χ1) is 14.2. The molecule has 0 aliphatic carbocycles. The van der Waals surface area contributed by atoms with E-state index < -0.39 is 39.7 Å². The van der Waals surface area contributed by atoms with E-state index in [1.165, 1.54) is 42.5 Å². The Morgan fingerprint density at radius 3 is 2.43 bits per heavy atom. The molecule has 11 heteroatoms. The molecule has 2 aliphatic heterocycles. The van der Waals surface area contributed by atoms with Gasteiger partial charge < -0.3 is 0 Å². The normalized spacial score (nSPS) is 19.0. The lowest BCUT2D eigenvalue weighted by Crippen LogP contribution is -2.54. The number of anilines is 1. The molecular weight excluding hydrogens is 434 g/mol. The van der Waals surface area contributed by atoms with Gasteiger partial charge in [-0.25, -0.2) is 8.42 Å². The van der Waals surface area contributed by atoms with Gasteiger partial charge in [0.1, 0.15) is 6.04 Å². The van der Waals surface area contributed by atoms with Gasteiger partial charge in [0.05, 0.1) is 16.0 Å². The molecule has 0 bridgehead atoms. The van der Waals surface area contributed by atoms with Crippen LogP contribution in [0, 0.1) is 0 Å². The van der Waals surface area contributed by atoms with E-state index in [2.05, 4.69) is 10.0 Å². The standard InChI is InChI=1S/C19H14ClN3O6S/c20-10-2-1-3-12(8-10)30(28,29)22-11-4-5-13-14(9-11)19(27)23(18(13)26)15-6-7-16(24)21-17(15)25/h1-5,8-9,15,22H,6-7H2,(H,21,24,25). The smallest absolute Gasteiger partial charge is 0.262 e. The number of hydrogen-bond donors (Lipinski definition) is 2. The van der Waals surface area contributed by atoms with E-state index in [0.717, 1.165) is 4.90 Å². The first-order valence-electron chi connectivity index (χ1n) is 8.81. The van der Waals surface area contributed by atoms with Gasteiger partial charge in [0.15, 0.2) is 0 Å². The van der Waals surface area contributed by atoms with E-state index in [0.29, 0.717) is 0 Å². The number of nitrogens with one attached hydrogen (secondary N) is 2. The molecule has 2 N–H and O–H groups in total. The van der Waals surface area contributed by atoms with Gasteiger partial charge in [-0.3, -0.25) is 34.1 Å². The zero-order chi connectivity index (χ0) is 21.6. The minimum Gasteiger partial charge on any atom is -0.295 e. The molecule has 1 saturated heterocycles. The first kappa shape index (κ1) is 20.0. The van der Waals surface area contributed by atoms with Crippen LogP contribution in [0.25, 0.3) is 0 Å². The highest BCUT2D eigenvalue weighted by molar-refractivity contribution is 7.92. The lowest BCUT2D eigenvalue weighted by Gasteiger charge is -2.27. The Bertz CT molecular complexity index is 1230. The third-order valence-corrected chi connectivity index (χ3v) is 6.41. The Balaban J connectivity index is 1.62. The molecule has 2 heterocycles. The molecular formula is C19H14ClN3O6S. The topological polar surface area (TPSA) is 130 Å². The number of halogens is 1. The van der Waals surface area contributed by atoms with Crippen LogP contribution in [0.2, 0.25) is 5.02 Å². The maximum atomic E-state index is 12.8. The largest absolute Gasteiger partial charge is 0.295 e. The van der Waals surface area contributed by atoms with E-state index in [-0.39, 0.29) is 39.6 Å². The molecule has 2 aliphatic rings. The predicted octanol–water partition coefficient (Wildman–Crippen LogP) is 1.54. The monoisotopic (exact) mass is 447 g/mol. The van der Waals surface area contributed by atoms with Gasteiger partial charge in [-0.05, 0) is 42.8 Å². The third-order valence-electron chi connectivity index (χ3n) is 4.80. The molecule has 1 fully saturated rings. The van der Waals surface area contributed by atoms with E-state index in [9.17, 15) is 27.6 Å². The van der Waals surface area contributed by atoms with Crippen molar-refractivity contribution in [1.82, 2.24) is 10.2 Å². The molecule has 1 atom stereocenters. The number of carbonyl (C=O) groups excluding carboxylic acids is 4. The number of imide groups is 2. The summed E-state index contributed by atoms with van der Waals surface area (Å²) in [6, 6.07) is 8.46. The average molecular weight is 448 g/mol. The molecule has 0 spiro atoms. The highest BCUT2D eigenvalue weighted by Gasteiger charge is 2.44. The van der Waals surface area contributed by atoms with Gasteiger partial charge in [0.25, 0.3) is 21.8 Å². The number of benzene rings is 2. The molecule has 4 amide bonds. The van der Waals surface area contributed by atoms with Gasteiger partial charge in [-0.1, -0.05) is 17.7 Å². The van der Waals surface area contributed by atoms with Crippen molar-refractivity contribution in [2.24, 2.45) is 0 Å². The van der Waals surface area contributed by atoms with Gasteiger partial charge in [0.2, 0.25) is 11.8 Å². The van der Waals surface area contributed by atoms with Crippen molar-refractivity contribution in [2.75, 3.05) is 4.72 Å². The molecule has 0 saturated carbocycles. The van der Waals surface area contributed by atoms with Crippen molar-refractivity contribution in [3.63, 3.8) is 0 Å². The summed E-state index contributed by atoms with van der Waals surface area (Å²) in [7, 11) is -3.98. The van der Waals surface area contributed by atoms with Crippen molar-refractivity contribution >= 4 is 50.9 Å². The van der Waals surface area contributed by atoms with Crippen molar-refractivity contribution in [2.45, 2.75) is 23.8 Å². The second kappa shape index (κ2) is 7.22. The molecule has 30 heavy (non-hydrogen) atoms. The summed E-state index contributed by atoms with van der Waals surface area (Å²) in [5.74, 6) is -2.59. The summed E-state index contributed by atoms with van der Waals surface area (Å²) in [4.78, 5) is 49.7. The molecule has 154 valence electrons. The Kier molecular flexibility index (Phi) is 4.83. The summed E-state index contributed by atoms with van der Waals surface area (Å²) in [6.45, 7) is 0. The molecule has 2 aromatic rings. The van der Waals surface area contributed by atoms with E-state index >= 15 is 0 Å². The summed E-state index contributed by atoms with van der Waals surface area (Å²) in [5.41, 5.74) is 0.0893. The number of nitrogens with zero attached hydrogens (tertiary/aromatic N) is 1. The van der Waals surface area contributed by atoms with Crippen LogP contribution in [-0.2, 0) is 19.6 Å². The number of hydrogen-bond acceptors (Lipinski definition) is 6. The fourth-order valence-corrected chi connectivity index (χ4v) is 4.73. The second-order valence-electron chi connectivity index (χ2n) is 6.77. The van der Waals surface area contributed by atoms with Crippen LogP contribution in [0.1, 0.15) is 33.6 Å². The predicted molar refractivity (Wildman–Crippen MR) is 105 cm³/mol. The molecule has 1 unspecified atom stereocenters. The van der Waals surface area contributed by atoms with Crippen LogP contribution in [0.15, 0.2) is 47.4 Å². The van der Waals surface area contributed by atoms with Gasteiger partial charge >= 0.3 is 0 Å². The van der Waals surface area contributed by atoms with E-state index in [1.54, 1.807) is 0 Å². The minimum absolute atomic E-state index is 0.00843. The molecule has 0 aromatic heterocycles. The van der Waals surface area contributed by atoms with Crippen LogP contribution in [0.4, 0.5) is 5.69 Å². The maximum absolute atomic E-state index is 12.8. The van der Waals surface area contributed by atoms with Crippen molar-refractivity contribution < 1.29 is 27.6 Å². The van der Waals surface area contributed by atoms with Crippen LogP contribution in [-0.4, -0.2) is 43.0 Å². The van der Waals surface area contributed by atoms with E-state index in [4.69, 9.17) is 11.6 Å². The molecule has 4 rings (SSSR count). The lowest BCUT2D eigenvalue weighted by atomic mass is 10.0. The van der Waals surface area contributed by atoms with Gasteiger partial charge in [-0.2, -0.15) is 0 Å². The van der Waals surface area contributed by atoms with E-state index in [1.807, 2.05) is 0 Å². The highest BCUT2D eigenvalue weighted by atomic mass is 35.5. The lowest BCUT2D eigenvalue weighted by molar-refractivity contribution is -0.136. The summed E-state index contributed by atoms with van der Waals surface area (Å²) in [5, 5.41) is 2.36. The van der Waals surface area contributed by atoms with Crippen LogP contribution < -0.4 is 10.0 Å². The van der Waals surface area contributed by atoms with Crippen LogP contribution >= 0.6 is 11.6 Å². The van der Waals surface area contributed by atoms with Crippen molar-refractivity contribution in [3.8, 4) is 0 Å².